The maximum absolute atomic E-state index is 14.0. The van der Waals surface area contributed by atoms with Crippen LogP contribution in [-0.4, -0.2) is 50.9 Å². The number of para-hydroxylation sites is 1. The number of ether oxygens (including phenoxy) is 2. The van der Waals surface area contributed by atoms with Crippen LogP contribution in [0.25, 0.3) is 0 Å². The molecule has 0 aliphatic carbocycles. The summed E-state index contributed by atoms with van der Waals surface area (Å²) in [5.41, 5.74) is 0.0580. The molecule has 0 N–H and O–H groups in total. The quantitative estimate of drug-likeness (QED) is 0.544. The summed E-state index contributed by atoms with van der Waals surface area (Å²) >= 11 is 0. The summed E-state index contributed by atoms with van der Waals surface area (Å²) in [5.74, 6) is -0.244. The first-order chi connectivity index (χ1) is 12.8. The molecule has 2 aliphatic rings. The molecule has 3 rings (SSSR count). The first-order valence-electron chi connectivity index (χ1n) is 9.22. The fourth-order valence-corrected chi connectivity index (χ4v) is 4.27. The van der Waals surface area contributed by atoms with Crippen LogP contribution in [-0.2, 0) is 18.6 Å². The minimum Gasteiger partial charge on any atom is -0.566 e. The van der Waals surface area contributed by atoms with Gasteiger partial charge < -0.3 is 19.3 Å². The second kappa shape index (κ2) is 8.54. The Labute approximate surface area is 161 Å². The van der Waals surface area contributed by atoms with E-state index in [0.29, 0.717) is 38.0 Å². The van der Waals surface area contributed by atoms with Crippen LogP contribution in [0.15, 0.2) is 24.3 Å². The van der Waals surface area contributed by atoms with Crippen molar-refractivity contribution in [3.8, 4) is 0 Å². The van der Waals surface area contributed by atoms with Gasteiger partial charge in [0.05, 0.1) is 17.4 Å². The number of benzene rings is 1. The SMILES string of the molecule is [B][C@@H]1O[C@H](CC)C(O[P+](=O)[O-])C1OC1(C)CCN(c2ccccc2F)CC1. The Balaban J connectivity index is 1.66. The molecule has 1 aromatic rings. The van der Waals surface area contributed by atoms with Crippen LogP contribution in [0.3, 0.4) is 0 Å². The summed E-state index contributed by atoms with van der Waals surface area (Å²) in [4.78, 5) is 13.1. The molecule has 27 heavy (non-hydrogen) atoms. The first-order valence-corrected chi connectivity index (χ1v) is 10.3. The van der Waals surface area contributed by atoms with Gasteiger partial charge in [0.25, 0.3) is 0 Å². The maximum Gasteiger partial charge on any atom is 0.488 e. The lowest BCUT2D eigenvalue weighted by molar-refractivity contribution is -0.198. The third-order valence-corrected chi connectivity index (χ3v) is 5.81. The lowest BCUT2D eigenvalue weighted by atomic mass is 9.89. The molecule has 2 radical (unpaired) electrons. The third kappa shape index (κ3) is 4.69. The first kappa shape index (κ1) is 20.7. The molecule has 0 spiro atoms. The van der Waals surface area contributed by atoms with Crippen molar-refractivity contribution >= 4 is 21.8 Å². The van der Waals surface area contributed by atoms with Crippen molar-refractivity contribution in [2.75, 3.05) is 18.0 Å². The largest absolute Gasteiger partial charge is 0.566 e. The molecule has 146 valence electrons. The Morgan fingerprint density at radius 3 is 2.63 bits per heavy atom. The molecule has 3 unspecified atom stereocenters. The van der Waals surface area contributed by atoms with E-state index >= 15 is 0 Å². The smallest absolute Gasteiger partial charge is 0.488 e. The Morgan fingerprint density at radius 1 is 1.37 bits per heavy atom. The lowest BCUT2D eigenvalue weighted by Crippen LogP contribution is -2.50. The molecule has 0 bridgehead atoms. The summed E-state index contributed by atoms with van der Waals surface area (Å²) < 4.78 is 42.0. The molecule has 2 fully saturated rings. The van der Waals surface area contributed by atoms with E-state index in [-0.39, 0.29) is 5.82 Å². The Morgan fingerprint density at radius 2 is 2.04 bits per heavy atom. The number of nitrogens with zero attached hydrogens (tertiary/aromatic N) is 1. The predicted octanol–water partition coefficient (Wildman–Crippen LogP) is 2.28. The molecule has 0 amide bonds. The van der Waals surface area contributed by atoms with Crippen LogP contribution < -0.4 is 9.79 Å². The average molecular weight is 395 g/mol. The van der Waals surface area contributed by atoms with E-state index in [4.69, 9.17) is 21.8 Å². The van der Waals surface area contributed by atoms with Gasteiger partial charge in [-0.25, -0.2) is 4.39 Å². The third-order valence-electron chi connectivity index (χ3n) is 5.39. The number of halogens is 1. The fourth-order valence-electron chi connectivity index (χ4n) is 3.82. The molecule has 0 saturated carbocycles. The predicted molar refractivity (Wildman–Crippen MR) is 98.3 cm³/mol. The van der Waals surface area contributed by atoms with E-state index in [2.05, 4.69) is 0 Å². The van der Waals surface area contributed by atoms with Crippen LogP contribution in [0.5, 0.6) is 0 Å². The molecule has 5 atom stereocenters. The minimum absolute atomic E-state index is 0.244. The van der Waals surface area contributed by atoms with Crippen LogP contribution >= 0.6 is 8.25 Å². The van der Waals surface area contributed by atoms with E-state index in [9.17, 15) is 13.8 Å². The lowest BCUT2D eigenvalue weighted by Gasteiger charge is -2.42. The van der Waals surface area contributed by atoms with E-state index in [1.54, 1.807) is 12.1 Å². The molecule has 1 aromatic carbocycles. The number of hydrogen-bond donors (Lipinski definition) is 0. The van der Waals surface area contributed by atoms with Gasteiger partial charge in [0, 0.05) is 19.1 Å². The zero-order valence-corrected chi connectivity index (χ0v) is 16.4. The van der Waals surface area contributed by atoms with Gasteiger partial charge in [-0.3, -0.25) is 0 Å². The summed E-state index contributed by atoms with van der Waals surface area (Å²) in [6, 6.07) is 5.94. The Hall–Kier alpha value is -1.05. The van der Waals surface area contributed by atoms with Crippen LogP contribution in [0.1, 0.15) is 33.1 Å². The van der Waals surface area contributed by atoms with Gasteiger partial charge in [-0.1, -0.05) is 19.1 Å². The second-order valence-corrected chi connectivity index (χ2v) is 7.97. The van der Waals surface area contributed by atoms with Gasteiger partial charge in [0.1, 0.15) is 19.8 Å². The van der Waals surface area contributed by atoms with Crippen molar-refractivity contribution in [1.82, 2.24) is 0 Å². The van der Waals surface area contributed by atoms with Crippen molar-refractivity contribution in [2.45, 2.75) is 63.0 Å². The number of rotatable bonds is 6. The van der Waals surface area contributed by atoms with Gasteiger partial charge in [-0.2, -0.15) is 0 Å². The Kier molecular flexibility index (Phi) is 6.54. The summed E-state index contributed by atoms with van der Waals surface area (Å²) in [6.45, 7) is 5.09. The van der Waals surface area contributed by atoms with Gasteiger partial charge >= 0.3 is 8.25 Å². The molecule has 0 aromatic heterocycles. The van der Waals surface area contributed by atoms with Crippen molar-refractivity contribution in [3.63, 3.8) is 0 Å². The van der Waals surface area contributed by atoms with Crippen LogP contribution in [0.2, 0.25) is 0 Å². The summed E-state index contributed by atoms with van der Waals surface area (Å²) in [5, 5.41) is 0. The van der Waals surface area contributed by atoms with Gasteiger partial charge in [0.15, 0.2) is 6.10 Å². The van der Waals surface area contributed by atoms with Crippen molar-refractivity contribution < 1.29 is 27.8 Å². The van der Waals surface area contributed by atoms with Gasteiger partial charge in [-0.15, -0.1) is 4.52 Å². The highest BCUT2D eigenvalue weighted by atomic mass is 31.1. The number of hydrogen-bond acceptors (Lipinski definition) is 6. The van der Waals surface area contributed by atoms with E-state index in [0.717, 1.165) is 0 Å². The minimum atomic E-state index is -3.04. The molecule has 2 aliphatic heterocycles. The molecular weight excluding hydrogens is 371 g/mol. The average Bonchev–Trinajstić information content (AvgIpc) is 2.91. The van der Waals surface area contributed by atoms with Crippen molar-refractivity contribution in [1.29, 1.82) is 0 Å². The zero-order chi connectivity index (χ0) is 19.6. The molecule has 9 heteroatoms. The van der Waals surface area contributed by atoms with E-state index in [1.165, 1.54) is 6.07 Å². The summed E-state index contributed by atoms with van der Waals surface area (Å²) in [7, 11) is 3.01. The molecular formula is C18H24BFNO5P. The monoisotopic (exact) mass is 395 g/mol. The van der Waals surface area contributed by atoms with Gasteiger partial charge in [0.2, 0.25) is 0 Å². The zero-order valence-electron chi connectivity index (χ0n) is 15.5. The summed E-state index contributed by atoms with van der Waals surface area (Å²) in [6.07, 6.45) is 0.00863. The maximum atomic E-state index is 14.0. The normalized spacial score (nSPS) is 31.1. The Bertz CT molecular complexity index is 673. The van der Waals surface area contributed by atoms with E-state index in [1.807, 2.05) is 24.8 Å². The highest BCUT2D eigenvalue weighted by molar-refractivity contribution is 7.30. The van der Waals surface area contributed by atoms with Crippen molar-refractivity contribution in [2.24, 2.45) is 0 Å². The molecule has 2 heterocycles. The van der Waals surface area contributed by atoms with E-state index < -0.39 is 38.2 Å². The molecule has 6 nitrogen and oxygen atoms in total. The molecule has 2 saturated heterocycles. The van der Waals surface area contributed by atoms with Crippen molar-refractivity contribution in [3.05, 3.63) is 30.1 Å². The highest BCUT2D eigenvalue weighted by Crippen LogP contribution is 2.37. The standard InChI is InChI=1S/C18H24BFNO5P/c1-3-14-15(26-27(22)23)16(17(19)24-14)25-18(2)8-10-21(11-9-18)13-7-5-4-6-12(13)20/h4-7,14-17H,3,8-11H2,1-2H3/t14-,15?,16?,17-/m1/s1. The second-order valence-electron chi connectivity index (χ2n) is 7.31. The van der Waals surface area contributed by atoms with Crippen LogP contribution in [0.4, 0.5) is 10.1 Å². The number of anilines is 1. The fraction of sp³-hybridized carbons (Fsp3) is 0.667. The highest BCUT2D eigenvalue weighted by Gasteiger charge is 2.49. The van der Waals surface area contributed by atoms with Crippen LogP contribution in [0, 0.1) is 5.82 Å². The van der Waals surface area contributed by atoms with Gasteiger partial charge in [-0.05, 0) is 42.9 Å². The topological polar surface area (TPSA) is 71.1 Å². The number of piperidine rings is 1.